The molecule has 1 aromatic heterocycles. The van der Waals surface area contributed by atoms with Crippen LogP contribution in [-0.4, -0.2) is 28.2 Å². The van der Waals surface area contributed by atoms with Gasteiger partial charge in [0.1, 0.15) is 12.2 Å². The van der Waals surface area contributed by atoms with Crippen LogP contribution >= 0.6 is 0 Å². The van der Waals surface area contributed by atoms with Crippen molar-refractivity contribution >= 4 is 17.5 Å². The average molecular weight is 344 g/mol. The van der Waals surface area contributed by atoms with E-state index in [2.05, 4.69) is 15.7 Å². The molecule has 0 bridgehead atoms. The van der Waals surface area contributed by atoms with Crippen LogP contribution in [0.5, 0.6) is 5.75 Å². The fourth-order valence-corrected chi connectivity index (χ4v) is 2.48. The summed E-state index contributed by atoms with van der Waals surface area (Å²) in [6.45, 7) is 4.34. The van der Waals surface area contributed by atoms with Crippen molar-refractivity contribution in [3.05, 3.63) is 42.2 Å². The van der Waals surface area contributed by atoms with E-state index >= 15 is 0 Å². The maximum Gasteiger partial charge on any atom is 0.233 e. The second-order valence-electron chi connectivity index (χ2n) is 5.63. The smallest absolute Gasteiger partial charge is 0.233 e. The van der Waals surface area contributed by atoms with E-state index in [1.165, 1.54) is 0 Å². The Labute approximate surface area is 147 Å². The lowest BCUT2D eigenvalue weighted by atomic mass is 10.1. The third-order valence-electron chi connectivity index (χ3n) is 3.65. The molecule has 7 nitrogen and oxygen atoms in total. The first-order valence-electron chi connectivity index (χ1n) is 8.33. The van der Waals surface area contributed by atoms with Crippen molar-refractivity contribution in [3.63, 3.8) is 0 Å². The zero-order chi connectivity index (χ0) is 18.2. The van der Waals surface area contributed by atoms with E-state index < -0.39 is 0 Å². The fraction of sp³-hybridized carbons (Fsp3) is 0.389. The van der Waals surface area contributed by atoms with Crippen molar-refractivity contribution in [2.45, 2.75) is 32.7 Å². The lowest BCUT2D eigenvalue weighted by Gasteiger charge is -2.16. The monoisotopic (exact) mass is 344 g/mol. The first-order chi connectivity index (χ1) is 12.0. The first kappa shape index (κ1) is 18.5. The molecule has 0 fully saturated rings. The minimum Gasteiger partial charge on any atom is -0.492 e. The van der Waals surface area contributed by atoms with Gasteiger partial charge in [-0.3, -0.25) is 14.3 Å². The molecule has 0 aliphatic carbocycles. The molecule has 2 rings (SSSR count). The normalized spacial score (nSPS) is 11.6. The Bertz CT molecular complexity index is 727. The van der Waals surface area contributed by atoms with Crippen LogP contribution in [0.25, 0.3) is 0 Å². The average Bonchev–Trinajstić information content (AvgIpc) is 3.01. The largest absolute Gasteiger partial charge is 0.492 e. The van der Waals surface area contributed by atoms with Gasteiger partial charge in [0.05, 0.1) is 24.5 Å². The molecule has 2 aromatic rings. The van der Waals surface area contributed by atoms with E-state index in [4.69, 9.17) is 4.74 Å². The lowest BCUT2D eigenvalue weighted by Crippen LogP contribution is -2.31. The van der Waals surface area contributed by atoms with Crippen molar-refractivity contribution in [2.24, 2.45) is 7.05 Å². The van der Waals surface area contributed by atoms with Crippen molar-refractivity contribution < 1.29 is 14.3 Å². The summed E-state index contributed by atoms with van der Waals surface area (Å²) in [4.78, 5) is 24.3. The molecule has 134 valence electrons. The van der Waals surface area contributed by atoms with Gasteiger partial charge in [0.15, 0.2) is 0 Å². The van der Waals surface area contributed by atoms with Gasteiger partial charge < -0.3 is 15.4 Å². The fourth-order valence-electron chi connectivity index (χ4n) is 2.48. The van der Waals surface area contributed by atoms with Crippen LogP contribution < -0.4 is 15.4 Å². The second-order valence-corrected chi connectivity index (χ2v) is 5.63. The Balaban J connectivity index is 1.92. The summed E-state index contributed by atoms with van der Waals surface area (Å²) in [5, 5.41) is 9.70. The second kappa shape index (κ2) is 8.86. The van der Waals surface area contributed by atoms with E-state index in [0.717, 1.165) is 5.56 Å². The van der Waals surface area contributed by atoms with E-state index in [0.29, 0.717) is 24.5 Å². The summed E-state index contributed by atoms with van der Waals surface area (Å²) < 4.78 is 7.14. The molecule has 7 heteroatoms. The van der Waals surface area contributed by atoms with Crippen molar-refractivity contribution in [1.82, 2.24) is 15.1 Å². The minimum atomic E-state index is -0.384. The van der Waals surface area contributed by atoms with Crippen LogP contribution in [0.1, 0.15) is 38.3 Å². The Kier molecular flexibility index (Phi) is 6.56. The molecule has 0 unspecified atom stereocenters. The van der Waals surface area contributed by atoms with Gasteiger partial charge in [0.25, 0.3) is 0 Å². The number of carbonyl (C=O) groups is 2. The summed E-state index contributed by atoms with van der Waals surface area (Å²) in [7, 11) is 1.82. The SMILES string of the molecule is CCOc1ccccc1NC(=O)CC(=O)N[C@@H](CC)c1cnn(C)c1. The number of ether oxygens (including phenoxy) is 1. The number of carbonyl (C=O) groups excluding carboxylic acids is 2. The highest BCUT2D eigenvalue weighted by atomic mass is 16.5. The molecule has 0 aliphatic heterocycles. The molecule has 0 radical (unpaired) electrons. The molecule has 2 amide bonds. The maximum absolute atomic E-state index is 12.2. The van der Waals surface area contributed by atoms with E-state index in [1.807, 2.05) is 33.2 Å². The van der Waals surface area contributed by atoms with Gasteiger partial charge in [-0.15, -0.1) is 0 Å². The van der Waals surface area contributed by atoms with Crippen molar-refractivity contribution in [1.29, 1.82) is 0 Å². The topological polar surface area (TPSA) is 85.2 Å². The molecule has 1 atom stereocenters. The first-order valence-corrected chi connectivity index (χ1v) is 8.33. The Morgan fingerprint density at radius 2 is 2.00 bits per heavy atom. The molecular formula is C18H24N4O3. The van der Waals surface area contributed by atoms with Crippen LogP contribution in [0, 0.1) is 0 Å². The number of anilines is 1. The lowest BCUT2D eigenvalue weighted by molar-refractivity contribution is -0.127. The predicted molar refractivity (Wildman–Crippen MR) is 95.2 cm³/mol. The molecule has 1 aromatic carbocycles. The maximum atomic E-state index is 12.2. The number of aryl methyl sites for hydroxylation is 1. The number of amides is 2. The molecular weight excluding hydrogens is 320 g/mol. The number of nitrogens with zero attached hydrogens (tertiary/aromatic N) is 2. The number of benzene rings is 1. The van der Waals surface area contributed by atoms with Gasteiger partial charge in [0.2, 0.25) is 11.8 Å². The Hall–Kier alpha value is -2.83. The number of para-hydroxylation sites is 2. The van der Waals surface area contributed by atoms with Crippen LogP contribution in [0.4, 0.5) is 5.69 Å². The van der Waals surface area contributed by atoms with Gasteiger partial charge in [-0.25, -0.2) is 0 Å². The zero-order valence-corrected chi connectivity index (χ0v) is 14.8. The summed E-state index contributed by atoms with van der Waals surface area (Å²) in [6, 6.07) is 6.98. The molecule has 0 saturated carbocycles. The number of hydrogen-bond donors (Lipinski definition) is 2. The minimum absolute atomic E-state index is 0.162. The van der Waals surface area contributed by atoms with Crippen LogP contribution in [0.3, 0.4) is 0 Å². The zero-order valence-electron chi connectivity index (χ0n) is 14.8. The number of rotatable bonds is 8. The van der Waals surface area contributed by atoms with Crippen molar-refractivity contribution in [3.8, 4) is 5.75 Å². The predicted octanol–water partition coefficient (Wildman–Crippen LogP) is 2.41. The molecule has 0 saturated heterocycles. The van der Waals surface area contributed by atoms with E-state index in [9.17, 15) is 9.59 Å². The Morgan fingerprint density at radius 3 is 2.64 bits per heavy atom. The van der Waals surface area contributed by atoms with Gasteiger partial charge in [-0.2, -0.15) is 5.10 Å². The van der Waals surface area contributed by atoms with Crippen LogP contribution in [-0.2, 0) is 16.6 Å². The molecule has 0 spiro atoms. The highest BCUT2D eigenvalue weighted by molar-refractivity contribution is 6.04. The van der Waals surface area contributed by atoms with Crippen LogP contribution in [0.2, 0.25) is 0 Å². The van der Waals surface area contributed by atoms with E-state index in [-0.39, 0.29) is 24.3 Å². The summed E-state index contributed by atoms with van der Waals surface area (Å²) in [5.41, 5.74) is 1.47. The van der Waals surface area contributed by atoms with Gasteiger partial charge >= 0.3 is 0 Å². The van der Waals surface area contributed by atoms with Crippen molar-refractivity contribution in [2.75, 3.05) is 11.9 Å². The quantitative estimate of drug-likeness (QED) is 0.720. The number of hydrogen-bond acceptors (Lipinski definition) is 4. The standard InChI is InChI=1S/C18H24N4O3/c1-4-14(13-11-19-22(3)12-13)20-17(23)10-18(24)21-15-8-6-7-9-16(15)25-5-2/h6-9,11-12,14H,4-5,10H2,1-3H3,(H,20,23)(H,21,24)/t14-/m0/s1. The third kappa shape index (κ3) is 5.34. The van der Waals surface area contributed by atoms with Gasteiger partial charge in [-0.1, -0.05) is 19.1 Å². The summed E-state index contributed by atoms with van der Waals surface area (Å²) in [5.74, 6) is -0.131. The highest BCUT2D eigenvalue weighted by Crippen LogP contribution is 2.23. The highest BCUT2D eigenvalue weighted by Gasteiger charge is 2.17. The molecule has 1 heterocycles. The third-order valence-corrected chi connectivity index (χ3v) is 3.65. The molecule has 2 N–H and O–H groups in total. The van der Waals surface area contributed by atoms with Gasteiger partial charge in [-0.05, 0) is 25.5 Å². The van der Waals surface area contributed by atoms with Gasteiger partial charge in [0, 0.05) is 18.8 Å². The summed E-state index contributed by atoms with van der Waals surface area (Å²) in [6.07, 6.45) is 4.03. The number of aromatic nitrogens is 2. The molecule has 25 heavy (non-hydrogen) atoms. The number of nitrogens with one attached hydrogen (secondary N) is 2. The molecule has 0 aliphatic rings. The van der Waals surface area contributed by atoms with E-state index in [1.54, 1.807) is 29.1 Å². The van der Waals surface area contributed by atoms with Crippen LogP contribution in [0.15, 0.2) is 36.7 Å². The summed E-state index contributed by atoms with van der Waals surface area (Å²) >= 11 is 0. The Morgan fingerprint density at radius 1 is 1.24 bits per heavy atom.